The number of benzene rings is 3. The van der Waals surface area contributed by atoms with E-state index in [1.807, 2.05) is 30.3 Å². The van der Waals surface area contributed by atoms with Crippen LogP contribution in [0.25, 0.3) is 0 Å². The van der Waals surface area contributed by atoms with E-state index in [4.69, 9.17) is 16.3 Å². The molecule has 0 aliphatic rings. The molecule has 0 saturated carbocycles. The fourth-order valence-corrected chi connectivity index (χ4v) is 3.89. The Labute approximate surface area is 185 Å². The molecule has 1 N–H and O–H groups in total. The van der Waals surface area contributed by atoms with Crippen LogP contribution in [-0.4, -0.2) is 24.6 Å². The van der Waals surface area contributed by atoms with E-state index in [2.05, 4.69) is 5.32 Å². The highest BCUT2D eigenvalue weighted by molar-refractivity contribution is 7.99. The molecule has 0 aliphatic heterocycles. The van der Waals surface area contributed by atoms with E-state index in [0.29, 0.717) is 28.3 Å². The topological polar surface area (TPSA) is 55.4 Å². The zero-order chi connectivity index (χ0) is 21.3. The molecule has 3 aromatic rings. The normalized spacial score (nSPS) is 10.5. The van der Waals surface area contributed by atoms with Gasteiger partial charge in [0.25, 0.3) is 0 Å². The molecule has 0 atom stereocenters. The third-order valence-corrected chi connectivity index (χ3v) is 5.75. The van der Waals surface area contributed by atoms with Crippen molar-refractivity contribution < 1.29 is 14.3 Å². The summed E-state index contributed by atoms with van der Waals surface area (Å²) in [6.45, 7) is 0. The van der Waals surface area contributed by atoms with E-state index in [0.717, 1.165) is 22.8 Å². The number of methoxy groups -OCH3 is 1. The first kappa shape index (κ1) is 21.9. The van der Waals surface area contributed by atoms with Crippen molar-refractivity contribution in [2.45, 2.75) is 17.7 Å². The van der Waals surface area contributed by atoms with E-state index < -0.39 is 0 Å². The SMILES string of the molecule is COc1ccc(SCCCC(=O)Nc2ccc(Cl)cc2C(=O)c2ccccc2)cc1. The first-order chi connectivity index (χ1) is 14.6. The third-order valence-electron chi connectivity index (χ3n) is 4.41. The maximum atomic E-state index is 12.8. The highest BCUT2D eigenvalue weighted by Crippen LogP contribution is 2.25. The molecule has 0 aromatic heterocycles. The number of anilines is 1. The van der Waals surface area contributed by atoms with Crippen molar-refractivity contribution in [3.05, 3.63) is 88.9 Å². The molecule has 3 aromatic carbocycles. The summed E-state index contributed by atoms with van der Waals surface area (Å²) in [7, 11) is 1.64. The van der Waals surface area contributed by atoms with E-state index >= 15 is 0 Å². The number of hydrogen-bond donors (Lipinski definition) is 1. The Morgan fingerprint density at radius 2 is 1.73 bits per heavy atom. The molecular formula is C24H22ClNO3S. The van der Waals surface area contributed by atoms with Gasteiger partial charge < -0.3 is 10.1 Å². The lowest BCUT2D eigenvalue weighted by atomic mass is 10.0. The minimum Gasteiger partial charge on any atom is -0.497 e. The van der Waals surface area contributed by atoms with Crippen LogP contribution in [0.3, 0.4) is 0 Å². The van der Waals surface area contributed by atoms with Crippen molar-refractivity contribution in [3.63, 3.8) is 0 Å². The molecule has 0 spiro atoms. The Hall–Kier alpha value is -2.76. The van der Waals surface area contributed by atoms with Gasteiger partial charge in [0.2, 0.25) is 5.91 Å². The van der Waals surface area contributed by atoms with Gasteiger partial charge in [0.05, 0.1) is 12.8 Å². The molecule has 0 bridgehead atoms. The molecule has 0 unspecified atom stereocenters. The summed E-state index contributed by atoms with van der Waals surface area (Å²) in [4.78, 5) is 26.4. The lowest BCUT2D eigenvalue weighted by molar-refractivity contribution is -0.116. The van der Waals surface area contributed by atoms with Crippen LogP contribution in [-0.2, 0) is 4.79 Å². The number of halogens is 1. The summed E-state index contributed by atoms with van der Waals surface area (Å²) in [6.07, 6.45) is 1.09. The Bertz CT molecular complexity index is 1010. The van der Waals surface area contributed by atoms with Gasteiger partial charge in [-0.2, -0.15) is 0 Å². The zero-order valence-corrected chi connectivity index (χ0v) is 18.1. The van der Waals surface area contributed by atoms with Crippen LogP contribution in [0.1, 0.15) is 28.8 Å². The molecule has 1 amide bonds. The quantitative estimate of drug-likeness (QED) is 0.249. The lowest BCUT2D eigenvalue weighted by Crippen LogP contribution is -2.15. The van der Waals surface area contributed by atoms with Gasteiger partial charge in [0, 0.05) is 27.5 Å². The summed E-state index contributed by atoms with van der Waals surface area (Å²) in [5.41, 5.74) is 1.40. The number of carbonyl (C=O) groups is 2. The molecule has 3 rings (SSSR count). The summed E-state index contributed by atoms with van der Waals surface area (Å²) in [6, 6.07) is 21.7. The molecule has 4 nitrogen and oxygen atoms in total. The monoisotopic (exact) mass is 439 g/mol. The number of rotatable bonds is 9. The van der Waals surface area contributed by atoms with Crippen LogP contribution >= 0.6 is 23.4 Å². The summed E-state index contributed by atoms with van der Waals surface area (Å²) in [5, 5.41) is 3.31. The van der Waals surface area contributed by atoms with Gasteiger partial charge in [-0.3, -0.25) is 9.59 Å². The van der Waals surface area contributed by atoms with Crippen molar-refractivity contribution in [3.8, 4) is 5.75 Å². The fraction of sp³-hybridized carbons (Fsp3) is 0.167. The number of ether oxygens (including phenoxy) is 1. The van der Waals surface area contributed by atoms with Gasteiger partial charge in [-0.1, -0.05) is 41.9 Å². The summed E-state index contributed by atoms with van der Waals surface area (Å²) in [5.74, 6) is 1.33. The number of carbonyl (C=O) groups excluding carboxylic acids is 2. The molecular weight excluding hydrogens is 418 g/mol. The predicted octanol–water partition coefficient (Wildman–Crippen LogP) is 6.09. The van der Waals surface area contributed by atoms with E-state index in [1.165, 1.54) is 0 Å². The van der Waals surface area contributed by atoms with Crippen molar-refractivity contribution >= 4 is 40.7 Å². The highest BCUT2D eigenvalue weighted by Gasteiger charge is 2.16. The molecule has 0 heterocycles. The van der Waals surface area contributed by atoms with E-state index in [1.54, 1.807) is 61.3 Å². The van der Waals surface area contributed by atoms with Crippen LogP contribution in [0.4, 0.5) is 5.69 Å². The maximum absolute atomic E-state index is 12.8. The Morgan fingerprint density at radius 1 is 1.00 bits per heavy atom. The minimum absolute atomic E-state index is 0.130. The standard InChI is InChI=1S/C24H22ClNO3S/c1-29-19-10-12-20(13-11-19)30-15-5-8-23(27)26-22-14-9-18(25)16-21(22)24(28)17-6-3-2-4-7-17/h2-4,6-7,9-14,16H,5,8,15H2,1H3,(H,26,27). The van der Waals surface area contributed by atoms with Gasteiger partial charge in [-0.05, 0) is 54.6 Å². The highest BCUT2D eigenvalue weighted by atomic mass is 35.5. The van der Waals surface area contributed by atoms with Crippen molar-refractivity contribution in [2.75, 3.05) is 18.2 Å². The largest absolute Gasteiger partial charge is 0.497 e. The van der Waals surface area contributed by atoms with Crippen LogP contribution in [0, 0.1) is 0 Å². The average molecular weight is 440 g/mol. The van der Waals surface area contributed by atoms with Gasteiger partial charge >= 0.3 is 0 Å². The van der Waals surface area contributed by atoms with Crippen molar-refractivity contribution in [1.82, 2.24) is 0 Å². The van der Waals surface area contributed by atoms with E-state index in [-0.39, 0.29) is 11.7 Å². The number of hydrogen-bond acceptors (Lipinski definition) is 4. The number of amides is 1. The van der Waals surface area contributed by atoms with Crippen LogP contribution < -0.4 is 10.1 Å². The van der Waals surface area contributed by atoms with Crippen molar-refractivity contribution in [2.24, 2.45) is 0 Å². The molecule has 6 heteroatoms. The van der Waals surface area contributed by atoms with E-state index in [9.17, 15) is 9.59 Å². The lowest BCUT2D eigenvalue weighted by Gasteiger charge is -2.11. The predicted molar refractivity (Wildman–Crippen MR) is 123 cm³/mol. The molecule has 30 heavy (non-hydrogen) atoms. The smallest absolute Gasteiger partial charge is 0.224 e. The number of ketones is 1. The van der Waals surface area contributed by atoms with Gasteiger partial charge in [0.1, 0.15) is 5.75 Å². The number of nitrogens with one attached hydrogen (secondary N) is 1. The van der Waals surface area contributed by atoms with Gasteiger partial charge in [-0.15, -0.1) is 11.8 Å². The first-order valence-electron chi connectivity index (χ1n) is 9.53. The average Bonchev–Trinajstić information content (AvgIpc) is 2.78. The fourth-order valence-electron chi connectivity index (χ4n) is 2.87. The molecule has 0 radical (unpaired) electrons. The van der Waals surface area contributed by atoms with Crippen molar-refractivity contribution in [1.29, 1.82) is 0 Å². The molecule has 154 valence electrons. The van der Waals surface area contributed by atoms with Crippen LogP contribution in [0.15, 0.2) is 77.7 Å². The first-order valence-corrected chi connectivity index (χ1v) is 10.9. The Kier molecular flexibility index (Phi) is 7.94. The van der Waals surface area contributed by atoms with Crippen LogP contribution in [0.5, 0.6) is 5.75 Å². The molecule has 0 aliphatic carbocycles. The second kappa shape index (κ2) is 10.9. The van der Waals surface area contributed by atoms with Crippen LogP contribution in [0.2, 0.25) is 5.02 Å². The maximum Gasteiger partial charge on any atom is 0.224 e. The summed E-state index contributed by atoms with van der Waals surface area (Å²) < 4.78 is 5.15. The Morgan fingerprint density at radius 3 is 2.43 bits per heavy atom. The molecule has 0 fully saturated rings. The van der Waals surface area contributed by atoms with Gasteiger partial charge in [-0.25, -0.2) is 0 Å². The minimum atomic E-state index is -0.177. The summed E-state index contributed by atoms with van der Waals surface area (Å²) >= 11 is 7.78. The van der Waals surface area contributed by atoms with Gasteiger partial charge in [0.15, 0.2) is 5.78 Å². The zero-order valence-electron chi connectivity index (χ0n) is 16.6. The second-order valence-corrected chi connectivity index (χ2v) is 8.17. The Balaban J connectivity index is 1.56. The third kappa shape index (κ3) is 6.12. The second-order valence-electron chi connectivity index (χ2n) is 6.56. The number of thioether (sulfide) groups is 1. The molecule has 0 saturated heterocycles.